The second-order valence-corrected chi connectivity index (χ2v) is 19.8. The molecule has 0 aliphatic heterocycles. The van der Waals surface area contributed by atoms with Gasteiger partial charge in [0.15, 0.2) is 0 Å². The molecule has 3 heteroatoms. The zero-order valence-corrected chi connectivity index (χ0v) is 41.0. The molecule has 0 aliphatic carbocycles. The SMILES string of the molecule is c1ccc(N(c2ccc(-c3cc(-c4ccc5c(c4)c4cc6ccccc6cc4n5-c4ccccc4)cc(-c4ccc5c(c4)c4cc6ccccc6cc4n5-c4ccccc4)c3)cc2)c2cccc3ccccc23)cc1. The number of para-hydroxylation sites is 3. The summed E-state index contributed by atoms with van der Waals surface area (Å²) in [5.74, 6) is 0. The maximum Gasteiger partial charge on any atom is 0.0547 e. The summed E-state index contributed by atoms with van der Waals surface area (Å²) in [7, 11) is 0. The highest BCUT2D eigenvalue weighted by atomic mass is 15.1. The minimum atomic E-state index is 1.10. The van der Waals surface area contributed by atoms with Crippen molar-refractivity contribution in [3.8, 4) is 44.8 Å². The summed E-state index contributed by atoms with van der Waals surface area (Å²) in [5.41, 5.74) is 17.4. The highest BCUT2D eigenvalue weighted by molar-refractivity contribution is 6.16. The molecule has 0 N–H and O–H groups in total. The summed E-state index contributed by atoms with van der Waals surface area (Å²) in [6.07, 6.45) is 0. The molecule has 0 amide bonds. The van der Waals surface area contributed by atoms with E-state index in [0.29, 0.717) is 0 Å². The monoisotopic (exact) mass is 953 g/mol. The van der Waals surface area contributed by atoms with Gasteiger partial charge in [-0.15, -0.1) is 0 Å². The molecular weight excluding hydrogens is 907 g/mol. The van der Waals surface area contributed by atoms with Gasteiger partial charge in [0.1, 0.15) is 0 Å². The summed E-state index contributed by atoms with van der Waals surface area (Å²) in [6.45, 7) is 0. The van der Waals surface area contributed by atoms with Crippen LogP contribution < -0.4 is 4.90 Å². The number of benzene rings is 13. The van der Waals surface area contributed by atoms with Crippen LogP contribution in [0.1, 0.15) is 0 Å². The fraction of sp³-hybridized carbons (Fsp3) is 0. The molecule has 0 aliphatic rings. The molecule has 0 fully saturated rings. The lowest BCUT2D eigenvalue weighted by Gasteiger charge is -2.27. The molecule has 0 saturated heterocycles. The highest BCUT2D eigenvalue weighted by Gasteiger charge is 2.20. The molecule has 0 radical (unpaired) electrons. The van der Waals surface area contributed by atoms with Crippen LogP contribution in [0.3, 0.4) is 0 Å². The lowest BCUT2D eigenvalue weighted by molar-refractivity contribution is 1.18. The van der Waals surface area contributed by atoms with Crippen LogP contribution >= 0.6 is 0 Å². The Morgan fingerprint density at radius 3 is 1.12 bits per heavy atom. The third-order valence-corrected chi connectivity index (χ3v) is 15.4. The molecule has 2 heterocycles. The zero-order valence-electron chi connectivity index (χ0n) is 41.0. The Hall–Kier alpha value is -9.96. The van der Waals surface area contributed by atoms with Gasteiger partial charge in [-0.3, -0.25) is 0 Å². The van der Waals surface area contributed by atoms with Crippen LogP contribution in [0.2, 0.25) is 0 Å². The molecule has 15 rings (SSSR count). The van der Waals surface area contributed by atoms with Crippen molar-refractivity contribution in [2.24, 2.45) is 0 Å². The third kappa shape index (κ3) is 7.20. The molecule has 0 unspecified atom stereocenters. The first kappa shape index (κ1) is 42.7. The summed E-state index contributed by atoms with van der Waals surface area (Å²) in [6, 6.07) is 105. The number of fused-ring (bicyclic) bond motifs is 9. The van der Waals surface area contributed by atoms with Crippen molar-refractivity contribution in [2.75, 3.05) is 4.90 Å². The first-order chi connectivity index (χ1) is 37.2. The maximum absolute atomic E-state index is 2.42. The normalized spacial score (nSPS) is 11.7. The van der Waals surface area contributed by atoms with E-state index in [1.165, 1.54) is 87.1 Å². The molecule has 0 spiro atoms. The predicted octanol–water partition coefficient (Wildman–Crippen LogP) is 19.8. The first-order valence-corrected chi connectivity index (χ1v) is 25.8. The van der Waals surface area contributed by atoms with Crippen LogP contribution in [0, 0.1) is 0 Å². The smallest absolute Gasteiger partial charge is 0.0547 e. The Labute approximate surface area is 434 Å². The van der Waals surface area contributed by atoms with E-state index in [1.54, 1.807) is 0 Å². The first-order valence-electron chi connectivity index (χ1n) is 25.8. The average Bonchev–Trinajstić information content (AvgIpc) is 3.98. The molecule has 0 atom stereocenters. The van der Waals surface area contributed by atoms with E-state index in [1.807, 2.05) is 0 Å². The zero-order chi connectivity index (χ0) is 49.4. The minimum Gasteiger partial charge on any atom is -0.310 e. The van der Waals surface area contributed by atoms with Crippen molar-refractivity contribution < 1.29 is 0 Å². The summed E-state index contributed by atoms with van der Waals surface area (Å²) < 4.78 is 4.84. The largest absolute Gasteiger partial charge is 0.310 e. The van der Waals surface area contributed by atoms with Crippen LogP contribution in [0.15, 0.2) is 285 Å². The van der Waals surface area contributed by atoms with Crippen molar-refractivity contribution in [1.29, 1.82) is 0 Å². The van der Waals surface area contributed by atoms with Gasteiger partial charge in [-0.2, -0.15) is 0 Å². The van der Waals surface area contributed by atoms with Gasteiger partial charge in [0.2, 0.25) is 0 Å². The molecule has 0 saturated carbocycles. The molecular formula is C72H47N3. The second kappa shape index (κ2) is 17.4. The molecule has 350 valence electrons. The predicted molar refractivity (Wildman–Crippen MR) is 319 cm³/mol. The molecule has 0 bridgehead atoms. The molecule has 2 aromatic heterocycles. The Morgan fingerprint density at radius 1 is 0.213 bits per heavy atom. The summed E-state index contributed by atoms with van der Waals surface area (Å²) in [5, 5.41) is 12.3. The number of aromatic nitrogens is 2. The van der Waals surface area contributed by atoms with Gasteiger partial charge >= 0.3 is 0 Å². The minimum absolute atomic E-state index is 1.10. The van der Waals surface area contributed by atoms with Crippen molar-refractivity contribution in [2.45, 2.75) is 0 Å². The van der Waals surface area contributed by atoms with E-state index < -0.39 is 0 Å². The van der Waals surface area contributed by atoms with Gasteiger partial charge < -0.3 is 14.0 Å². The Balaban J connectivity index is 0.936. The van der Waals surface area contributed by atoms with E-state index in [9.17, 15) is 0 Å². The number of hydrogen-bond donors (Lipinski definition) is 0. The van der Waals surface area contributed by atoms with Crippen molar-refractivity contribution in [3.63, 3.8) is 0 Å². The number of nitrogens with zero attached hydrogens (tertiary/aromatic N) is 3. The van der Waals surface area contributed by atoms with Crippen LogP contribution in [0.4, 0.5) is 17.1 Å². The van der Waals surface area contributed by atoms with Gasteiger partial charge in [-0.25, -0.2) is 0 Å². The molecule has 75 heavy (non-hydrogen) atoms. The Bertz CT molecular complexity index is 4460. The van der Waals surface area contributed by atoms with Crippen LogP contribution in [0.25, 0.3) is 121 Å². The van der Waals surface area contributed by atoms with E-state index >= 15 is 0 Å². The van der Waals surface area contributed by atoms with Crippen LogP contribution in [-0.2, 0) is 0 Å². The standard InChI is InChI=1S/C72H47N3/c1-4-23-59(24-5-1)73(68-30-16-22-49-17-14-15-29-63(49)68)62-35-31-48(32-36-62)56-39-57(54-33-37-69-64(44-54)66-42-50-18-10-12-20-52(50)46-71(66)74(69)60-25-6-2-7-26-60)41-58(40-56)55-34-38-70-65(45-55)67-43-51-19-11-13-21-53(51)47-72(67)75(70)61-27-8-3-9-28-61/h1-47H. The lowest BCUT2D eigenvalue weighted by atomic mass is 9.92. The number of hydrogen-bond acceptors (Lipinski definition) is 1. The quantitative estimate of drug-likeness (QED) is 0.148. The van der Waals surface area contributed by atoms with Crippen LogP contribution in [0.5, 0.6) is 0 Å². The van der Waals surface area contributed by atoms with Crippen molar-refractivity contribution in [1.82, 2.24) is 9.13 Å². The fourth-order valence-corrected chi connectivity index (χ4v) is 11.8. The second-order valence-electron chi connectivity index (χ2n) is 19.8. The molecule has 15 aromatic rings. The molecule has 3 nitrogen and oxygen atoms in total. The van der Waals surface area contributed by atoms with Gasteiger partial charge in [0.05, 0.1) is 27.8 Å². The van der Waals surface area contributed by atoms with E-state index in [0.717, 1.165) is 50.7 Å². The van der Waals surface area contributed by atoms with E-state index in [2.05, 4.69) is 299 Å². The van der Waals surface area contributed by atoms with Gasteiger partial charge in [0, 0.05) is 49.7 Å². The van der Waals surface area contributed by atoms with Gasteiger partial charge in [-0.1, -0.05) is 164 Å². The van der Waals surface area contributed by atoms with E-state index in [-0.39, 0.29) is 0 Å². The summed E-state index contributed by atoms with van der Waals surface area (Å²) in [4.78, 5) is 2.38. The fourth-order valence-electron chi connectivity index (χ4n) is 11.8. The number of anilines is 3. The molecule has 13 aromatic carbocycles. The topological polar surface area (TPSA) is 13.1 Å². The average molecular weight is 954 g/mol. The maximum atomic E-state index is 2.42. The lowest BCUT2D eigenvalue weighted by Crippen LogP contribution is -2.10. The Kier molecular flexibility index (Phi) is 9.89. The van der Waals surface area contributed by atoms with Crippen molar-refractivity contribution >= 4 is 93.0 Å². The van der Waals surface area contributed by atoms with Crippen molar-refractivity contribution in [3.05, 3.63) is 285 Å². The highest BCUT2D eigenvalue weighted by Crippen LogP contribution is 2.44. The van der Waals surface area contributed by atoms with E-state index in [4.69, 9.17) is 0 Å². The summed E-state index contributed by atoms with van der Waals surface area (Å²) >= 11 is 0. The third-order valence-electron chi connectivity index (χ3n) is 15.4. The Morgan fingerprint density at radius 2 is 0.600 bits per heavy atom. The number of rotatable bonds is 8. The van der Waals surface area contributed by atoms with Gasteiger partial charge in [0.25, 0.3) is 0 Å². The van der Waals surface area contributed by atoms with Gasteiger partial charge in [-0.05, 0) is 182 Å². The van der Waals surface area contributed by atoms with Crippen LogP contribution in [-0.4, -0.2) is 9.13 Å².